The van der Waals surface area contributed by atoms with Crippen LogP contribution in [0.15, 0.2) is 48.5 Å². The van der Waals surface area contributed by atoms with Gasteiger partial charge >= 0.3 is 5.97 Å². The van der Waals surface area contributed by atoms with Crippen molar-refractivity contribution in [2.24, 2.45) is 0 Å². The Kier molecular flexibility index (Phi) is 4.35. The molecule has 0 saturated heterocycles. The van der Waals surface area contributed by atoms with Crippen molar-refractivity contribution in [2.45, 2.75) is 13.0 Å². The summed E-state index contributed by atoms with van der Waals surface area (Å²) >= 11 is 0. The Morgan fingerprint density at radius 3 is 2.55 bits per heavy atom. The molecular formula is C16H13NO3. The molecule has 0 aliphatic carbocycles. The first kappa shape index (κ1) is 13.6. The number of nitriles is 1. The Labute approximate surface area is 116 Å². The molecule has 0 fully saturated rings. The van der Waals surface area contributed by atoms with Crippen LogP contribution in [0.2, 0.25) is 0 Å². The Morgan fingerprint density at radius 1 is 1.15 bits per heavy atom. The topological polar surface area (TPSA) is 70.3 Å². The third-order valence-electron chi connectivity index (χ3n) is 2.78. The van der Waals surface area contributed by atoms with E-state index in [0.29, 0.717) is 23.5 Å². The molecule has 20 heavy (non-hydrogen) atoms. The Bertz CT molecular complexity index is 645. The molecule has 0 aliphatic rings. The molecule has 0 unspecified atom stereocenters. The third-order valence-corrected chi connectivity index (χ3v) is 2.78. The number of hydrogen-bond acceptors (Lipinski definition) is 3. The number of benzene rings is 2. The normalized spacial score (nSPS) is 9.75. The van der Waals surface area contributed by atoms with Crippen molar-refractivity contribution in [3.8, 4) is 11.8 Å². The lowest BCUT2D eigenvalue weighted by atomic mass is 10.1. The van der Waals surface area contributed by atoms with Crippen LogP contribution in [-0.4, -0.2) is 11.1 Å². The number of carbonyl (C=O) groups is 1. The summed E-state index contributed by atoms with van der Waals surface area (Å²) in [6.07, 6.45) is -0.167. The van der Waals surface area contributed by atoms with E-state index < -0.39 is 5.97 Å². The van der Waals surface area contributed by atoms with E-state index in [0.717, 1.165) is 5.56 Å². The molecule has 0 aromatic heterocycles. The average molecular weight is 267 g/mol. The second kappa shape index (κ2) is 6.39. The van der Waals surface area contributed by atoms with Crippen LogP contribution >= 0.6 is 0 Å². The summed E-state index contributed by atoms with van der Waals surface area (Å²) in [7, 11) is 0. The molecule has 0 spiro atoms. The number of para-hydroxylation sites is 1. The van der Waals surface area contributed by atoms with E-state index in [4.69, 9.17) is 15.1 Å². The average Bonchev–Trinajstić information content (AvgIpc) is 2.46. The van der Waals surface area contributed by atoms with Crippen molar-refractivity contribution >= 4 is 5.97 Å². The Hall–Kier alpha value is -2.80. The van der Waals surface area contributed by atoms with Gasteiger partial charge in [0.15, 0.2) is 0 Å². The first-order chi connectivity index (χ1) is 9.70. The van der Waals surface area contributed by atoms with Crippen molar-refractivity contribution in [3.63, 3.8) is 0 Å². The van der Waals surface area contributed by atoms with E-state index in [9.17, 15) is 4.79 Å². The van der Waals surface area contributed by atoms with Gasteiger partial charge < -0.3 is 9.84 Å². The van der Waals surface area contributed by atoms with Crippen molar-refractivity contribution in [1.82, 2.24) is 0 Å². The minimum Gasteiger partial charge on any atom is -0.487 e. The highest BCUT2D eigenvalue weighted by Gasteiger charge is 2.12. The third kappa shape index (κ3) is 3.36. The number of rotatable bonds is 5. The molecule has 0 aliphatic heterocycles. The fourth-order valence-electron chi connectivity index (χ4n) is 1.88. The van der Waals surface area contributed by atoms with E-state index in [1.54, 1.807) is 18.2 Å². The van der Waals surface area contributed by atoms with Crippen molar-refractivity contribution in [3.05, 3.63) is 65.2 Å². The first-order valence-electron chi connectivity index (χ1n) is 6.11. The summed E-state index contributed by atoms with van der Waals surface area (Å²) in [6, 6.07) is 16.5. The molecule has 0 saturated carbocycles. The molecule has 2 aromatic rings. The summed E-state index contributed by atoms with van der Waals surface area (Å²) < 4.78 is 5.66. The van der Waals surface area contributed by atoms with Gasteiger partial charge in [0.2, 0.25) is 0 Å². The molecule has 100 valence electrons. The monoisotopic (exact) mass is 267 g/mol. The lowest BCUT2D eigenvalue weighted by Gasteiger charge is -2.12. The molecule has 2 aromatic carbocycles. The lowest BCUT2D eigenvalue weighted by Crippen LogP contribution is -2.05. The van der Waals surface area contributed by atoms with Crippen molar-refractivity contribution < 1.29 is 14.6 Å². The van der Waals surface area contributed by atoms with E-state index in [1.807, 2.05) is 36.4 Å². The summed E-state index contributed by atoms with van der Waals surface area (Å²) in [5.41, 5.74) is 1.81. The number of carboxylic acids is 1. The van der Waals surface area contributed by atoms with Crippen LogP contribution in [0.1, 0.15) is 16.7 Å². The van der Waals surface area contributed by atoms with Gasteiger partial charge in [-0.2, -0.15) is 5.26 Å². The van der Waals surface area contributed by atoms with Crippen molar-refractivity contribution in [1.29, 1.82) is 5.26 Å². The van der Waals surface area contributed by atoms with Crippen LogP contribution in [0.3, 0.4) is 0 Å². The largest absolute Gasteiger partial charge is 0.487 e. The number of hydrogen-bond donors (Lipinski definition) is 1. The van der Waals surface area contributed by atoms with Gasteiger partial charge in [0, 0.05) is 5.56 Å². The van der Waals surface area contributed by atoms with Crippen molar-refractivity contribution in [2.75, 3.05) is 0 Å². The molecular weight excluding hydrogens is 254 g/mol. The van der Waals surface area contributed by atoms with E-state index in [-0.39, 0.29) is 6.42 Å². The van der Waals surface area contributed by atoms with E-state index in [2.05, 4.69) is 0 Å². The predicted molar refractivity (Wildman–Crippen MR) is 73.3 cm³/mol. The zero-order chi connectivity index (χ0) is 14.4. The molecule has 0 bridgehead atoms. The van der Waals surface area contributed by atoms with Gasteiger partial charge in [0.1, 0.15) is 18.4 Å². The number of aliphatic carboxylic acids is 1. The fourth-order valence-corrected chi connectivity index (χ4v) is 1.88. The zero-order valence-corrected chi connectivity index (χ0v) is 10.7. The molecule has 0 amide bonds. The standard InChI is InChI=1S/C16H13NO3/c17-10-14-8-4-7-13(9-15(18)19)16(14)20-11-12-5-2-1-3-6-12/h1-8H,9,11H2,(H,18,19). The van der Waals surface area contributed by atoms with Gasteiger partial charge in [0.05, 0.1) is 12.0 Å². The summed E-state index contributed by atoms with van der Waals surface area (Å²) in [5.74, 6) is -0.606. The maximum atomic E-state index is 10.9. The smallest absolute Gasteiger partial charge is 0.307 e. The number of ether oxygens (including phenoxy) is 1. The van der Waals surface area contributed by atoms with Crippen LogP contribution in [0, 0.1) is 11.3 Å². The van der Waals surface area contributed by atoms with Gasteiger partial charge in [-0.1, -0.05) is 42.5 Å². The van der Waals surface area contributed by atoms with Gasteiger partial charge in [0.25, 0.3) is 0 Å². The van der Waals surface area contributed by atoms with Gasteiger partial charge in [-0.05, 0) is 11.6 Å². The van der Waals surface area contributed by atoms with E-state index in [1.165, 1.54) is 0 Å². The molecule has 1 N–H and O–H groups in total. The highest BCUT2D eigenvalue weighted by atomic mass is 16.5. The van der Waals surface area contributed by atoms with Crippen LogP contribution < -0.4 is 4.74 Å². The summed E-state index contributed by atoms with van der Waals surface area (Å²) in [4.78, 5) is 10.9. The first-order valence-corrected chi connectivity index (χ1v) is 6.11. The van der Waals surface area contributed by atoms with Crippen LogP contribution in [0.25, 0.3) is 0 Å². The summed E-state index contributed by atoms with van der Waals surface area (Å²) in [6.45, 7) is 0.298. The summed E-state index contributed by atoms with van der Waals surface area (Å²) in [5, 5.41) is 18.0. The maximum absolute atomic E-state index is 10.9. The van der Waals surface area contributed by atoms with Crippen LogP contribution in [0.4, 0.5) is 0 Å². The molecule has 0 atom stereocenters. The molecule has 0 radical (unpaired) electrons. The lowest BCUT2D eigenvalue weighted by molar-refractivity contribution is -0.136. The minimum atomic E-state index is -0.954. The number of carboxylic acid groups (broad SMARTS) is 1. The second-order valence-electron chi connectivity index (χ2n) is 4.25. The highest BCUT2D eigenvalue weighted by Crippen LogP contribution is 2.25. The molecule has 2 rings (SSSR count). The fraction of sp³-hybridized carbons (Fsp3) is 0.125. The Morgan fingerprint density at radius 2 is 1.90 bits per heavy atom. The van der Waals surface area contributed by atoms with E-state index >= 15 is 0 Å². The second-order valence-corrected chi connectivity index (χ2v) is 4.25. The highest BCUT2D eigenvalue weighted by molar-refractivity contribution is 5.72. The van der Waals surface area contributed by atoms with Gasteiger partial charge in [-0.15, -0.1) is 0 Å². The zero-order valence-electron chi connectivity index (χ0n) is 10.7. The minimum absolute atomic E-state index is 0.167. The molecule has 0 heterocycles. The van der Waals surface area contributed by atoms with Gasteiger partial charge in [-0.25, -0.2) is 0 Å². The van der Waals surface area contributed by atoms with Gasteiger partial charge in [-0.3, -0.25) is 4.79 Å². The number of nitrogens with zero attached hydrogens (tertiary/aromatic N) is 1. The Balaban J connectivity index is 2.24. The van der Waals surface area contributed by atoms with Crippen LogP contribution in [0.5, 0.6) is 5.75 Å². The predicted octanol–water partition coefficient (Wildman–Crippen LogP) is 2.76. The SMILES string of the molecule is N#Cc1cccc(CC(=O)O)c1OCc1ccccc1. The quantitative estimate of drug-likeness (QED) is 0.904. The maximum Gasteiger partial charge on any atom is 0.307 e. The molecule has 4 nitrogen and oxygen atoms in total. The van der Waals surface area contributed by atoms with Crippen LogP contribution in [-0.2, 0) is 17.8 Å². The molecule has 4 heteroatoms.